The maximum absolute atomic E-state index is 12.1. The quantitative estimate of drug-likeness (QED) is 0.819. The monoisotopic (exact) mass is 382 g/mol. The van der Waals surface area contributed by atoms with E-state index in [1.165, 1.54) is 18.2 Å². The van der Waals surface area contributed by atoms with Crippen LogP contribution >= 0.6 is 27.5 Å². The van der Waals surface area contributed by atoms with Crippen LogP contribution < -0.4 is 4.72 Å². The first-order valence-electron chi connectivity index (χ1n) is 6.04. The van der Waals surface area contributed by atoms with Crippen LogP contribution in [0.25, 0.3) is 0 Å². The standard InChI is InChI=1S/C12H16BrClN2O3S/c1-3-16(4-2)12(17)8-15-20(18,19)9-5-6-11(14)10(13)7-9/h5-7,15H,3-4,8H2,1-2H3. The lowest BCUT2D eigenvalue weighted by molar-refractivity contribution is -0.129. The predicted octanol–water partition coefficient (Wildman–Crippen LogP) is 2.25. The van der Waals surface area contributed by atoms with E-state index in [-0.39, 0.29) is 17.3 Å². The molecule has 0 spiro atoms. The zero-order chi connectivity index (χ0) is 15.3. The maximum atomic E-state index is 12.1. The smallest absolute Gasteiger partial charge is 0.241 e. The number of rotatable bonds is 6. The van der Waals surface area contributed by atoms with E-state index in [0.29, 0.717) is 22.6 Å². The lowest BCUT2D eigenvalue weighted by Crippen LogP contribution is -2.39. The number of hydrogen-bond acceptors (Lipinski definition) is 3. The fourth-order valence-corrected chi connectivity index (χ4v) is 3.22. The summed E-state index contributed by atoms with van der Waals surface area (Å²) < 4.78 is 26.9. The number of nitrogens with one attached hydrogen (secondary N) is 1. The summed E-state index contributed by atoms with van der Waals surface area (Å²) in [5.41, 5.74) is 0. The molecule has 1 rings (SSSR count). The second-order valence-corrected chi connectivity index (χ2v) is 6.99. The van der Waals surface area contributed by atoms with E-state index in [9.17, 15) is 13.2 Å². The number of benzene rings is 1. The summed E-state index contributed by atoms with van der Waals surface area (Å²) in [6, 6.07) is 4.26. The summed E-state index contributed by atoms with van der Waals surface area (Å²) in [5, 5.41) is 0.420. The van der Waals surface area contributed by atoms with Crippen LogP contribution in [0, 0.1) is 0 Å². The molecule has 1 amide bonds. The zero-order valence-electron chi connectivity index (χ0n) is 11.2. The van der Waals surface area contributed by atoms with E-state index in [4.69, 9.17) is 11.6 Å². The third-order valence-corrected chi connectivity index (χ3v) is 5.34. The Bertz CT molecular complexity index is 588. The van der Waals surface area contributed by atoms with Gasteiger partial charge in [-0.15, -0.1) is 0 Å². The number of nitrogens with zero attached hydrogens (tertiary/aromatic N) is 1. The second kappa shape index (κ2) is 7.40. The summed E-state index contributed by atoms with van der Waals surface area (Å²) in [6.07, 6.45) is 0. The average Bonchev–Trinajstić information content (AvgIpc) is 2.41. The Labute approximate surface area is 132 Å². The van der Waals surface area contributed by atoms with Gasteiger partial charge < -0.3 is 4.90 Å². The second-order valence-electron chi connectivity index (χ2n) is 3.97. The third-order valence-electron chi connectivity index (χ3n) is 2.73. The van der Waals surface area contributed by atoms with Crippen LogP contribution in [-0.4, -0.2) is 38.9 Å². The minimum atomic E-state index is -3.73. The Morgan fingerprint density at radius 2 is 1.95 bits per heavy atom. The SMILES string of the molecule is CCN(CC)C(=O)CNS(=O)(=O)c1ccc(Cl)c(Br)c1. The Hall–Kier alpha value is -0.630. The molecule has 1 aromatic carbocycles. The molecule has 8 heteroatoms. The van der Waals surface area contributed by atoms with Crippen molar-refractivity contribution in [2.75, 3.05) is 19.6 Å². The summed E-state index contributed by atoms with van der Waals surface area (Å²) in [4.78, 5) is 13.4. The molecule has 112 valence electrons. The van der Waals surface area contributed by atoms with Crippen molar-refractivity contribution in [1.82, 2.24) is 9.62 Å². The molecular formula is C12H16BrClN2O3S. The number of amides is 1. The number of likely N-dealkylation sites (N-methyl/N-ethyl adjacent to an activating group) is 1. The molecule has 0 aliphatic heterocycles. The average molecular weight is 384 g/mol. The van der Waals surface area contributed by atoms with Gasteiger partial charge in [-0.25, -0.2) is 13.1 Å². The molecule has 0 saturated carbocycles. The molecule has 1 N–H and O–H groups in total. The van der Waals surface area contributed by atoms with Crippen molar-refractivity contribution in [3.63, 3.8) is 0 Å². The fourth-order valence-electron chi connectivity index (χ4n) is 1.57. The van der Waals surface area contributed by atoms with Gasteiger partial charge in [0.05, 0.1) is 16.5 Å². The van der Waals surface area contributed by atoms with Gasteiger partial charge in [0.25, 0.3) is 0 Å². The van der Waals surface area contributed by atoms with Crippen molar-refractivity contribution in [2.45, 2.75) is 18.7 Å². The van der Waals surface area contributed by atoms with Crippen molar-refractivity contribution in [3.8, 4) is 0 Å². The molecular weight excluding hydrogens is 368 g/mol. The maximum Gasteiger partial charge on any atom is 0.241 e. The Morgan fingerprint density at radius 3 is 2.45 bits per heavy atom. The molecule has 0 saturated heterocycles. The summed E-state index contributed by atoms with van der Waals surface area (Å²) in [7, 11) is -3.73. The van der Waals surface area contributed by atoms with Gasteiger partial charge >= 0.3 is 0 Å². The Balaban J connectivity index is 2.80. The van der Waals surface area contributed by atoms with Crippen molar-refractivity contribution < 1.29 is 13.2 Å². The highest BCUT2D eigenvalue weighted by Gasteiger charge is 2.18. The van der Waals surface area contributed by atoms with E-state index in [1.807, 2.05) is 13.8 Å². The van der Waals surface area contributed by atoms with Gasteiger partial charge in [-0.3, -0.25) is 4.79 Å². The van der Waals surface area contributed by atoms with Gasteiger partial charge in [0.1, 0.15) is 0 Å². The highest BCUT2D eigenvalue weighted by atomic mass is 79.9. The van der Waals surface area contributed by atoms with Gasteiger partial charge in [-0.2, -0.15) is 0 Å². The molecule has 0 heterocycles. The first kappa shape index (κ1) is 17.4. The number of halogens is 2. The van der Waals surface area contributed by atoms with Gasteiger partial charge in [0.15, 0.2) is 0 Å². The van der Waals surface area contributed by atoms with E-state index in [0.717, 1.165) is 0 Å². The number of carbonyl (C=O) groups is 1. The van der Waals surface area contributed by atoms with Crippen LogP contribution in [0.5, 0.6) is 0 Å². The minimum Gasteiger partial charge on any atom is -0.342 e. The van der Waals surface area contributed by atoms with Crippen LogP contribution in [-0.2, 0) is 14.8 Å². The largest absolute Gasteiger partial charge is 0.342 e. The van der Waals surface area contributed by atoms with Crippen molar-refractivity contribution in [3.05, 3.63) is 27.7 Å². The molecule has 0 aliphatic rings. The summed E-state index contributed by atoms with van der Waals surface area (Å²) in [6.45, 7) is 4.51. The van der Waals surface area contributed by atoms with Crippen LogP contribution in [0.4, 0.5) is 0 Å². The van der Waals surface area contributed by atoms with E-state index >= 15 is 0 Å². The third kappa shape index (κ3) is 4.44. The first-order valence-corrected chi connectivity index (χ1v) is 8.69. The molecule has 1 aromatic rings. The lowest BCUT2D eigenvalue weighted by atomic mass is 10.4. The van der Waals surface area contributed by atoms with Gasteiger partial charge in [-0.1, -0.05) is 11.6 Å². The first-order chi connectivity index (χ1) is 9.31. The number of carbonyl (C=O) groups excluding carboxylic acids is 1. The topological polar surface area (TPSA) is 66.5 Å². The molecule has 20 heavy (non-hydrogen) atoms. The Kier molecular flexibility index (Phi) is 6.44. The van der Waals surface area contributed by atoms with Crippen LogP contribution in [0.1, 0.15) is 13.8 Å². The van der Waals surface area contributed by atoms with E-state index < -0.39 is 10.0 Å². The molecule has 0 fully saturated rings. The van der Waals surface area contributed by atoms with Crippen LogP contribution in [0.2, 0.25) is 5.02 Å². The highest BCUT2D eigenvalue weighted by molar-refractivity contribution is 9.10. The van der Waals surface area contributed by atoms with E-state index in [2.05, 4.69) is 20.7 Å². The van der Waals surface area contributed by atoms with Crippen molar-refractivity contribution >= 4 is 43.5 Å². The van der Waals surface area contributed by atoms with E-state index in [1.54, 1.807) is 4.90 Å². The zero-order valence-corrected chi connectivity index (χ0v) is 14.3. The molecule has 5 nitrogen and oxygen atoms in total. The number of hydrogen-bond donors (Lipinski definition) is 1. The minimum absolute atomic E-state index is 0.0566. The molecule has 0 aliphatic carbocycles. The highest BCUT2D eigenvalue weighted by Crippen LogP contribution is 2.25. The van der Waals surface area contributed by atoms with Crippen LogP contribution in [0.3, 0.4) is 0 Å². The molecule has 0 bridgehead atoms. The predicted molar refractivity (Wildman–Crippen MR) is 82.3 cm³/mol. The van der Waals surface area contributed by atoms with Crippen molar-refractivity contribution in [2.24, 2.45) is 0 Å². The van der Waals surface area contributed by atoms with Gasteiger partial charge in [-0.05, 0) is 48.0 Å². The summed E-state index contributed by atoms with van der Waals surface area (Å²) in [5.74, 6) is -0.258. The lowest BCUT2D eigenvalue weighted by Gasteiger charge is -2.18. The van der Waals surface area contributed by atoms with Crippen molar-refractivity contribution in [1.29, 1.82) is 0 Å². The van der Waals surface area contributed by atoms with Gasteiger partial charge in [0, 0.05) is 17.6 Å². The Morgan fingerprint density at radius 1 is 1.35 bits per heavy atom. The molecule has 0 aromatic heterocycles. The molecule has 0 radical (unpaired) electrons. The fraction of sp³-hybridized carbons (Fsp3) is 0.417. The molecule has 0 atom stereocenters. The number of sulfonamides is 1. The van der Waals surface area contributed by atoms with Gasteiger partial charge in [0.2, 0.25) is 15.9 Å². The van der Waals surface area contributed by atoms with Crippen LogP contribution in [0.15, 0.2) is 27.6 Å². The molecule has 0 unspecified atom stereocenters. The summed E-state index contributed by atoms with van der Waals surface area (Å²) >= 11 is 8.98. The normalized spacial score (nSPS) is 11.4.